The van der Waals surface area contributed by atoms with E-state index in [0.29, 0.717) is 23.5 Å². The summed E-state index contributed by atoms with van der Waals surface area (Å²) in [7, 11) is 0. The van der Waals surface area contributed by atoms with Crippen LogP contribution in [0.1, 0.15) is 58.3 Å². The Bertz CT molecular complexity index is 362. The van der Waals surface area contributed by atoms with Gasteiger partial charge in [-0.05, 0) is 39.0 Å². The predicted octanol–water partition coefficient (Wildman–Crippen LogP) is 2.23. The van der Waals surface area contributed by atoms with Crippen LogP contribution in [0.3, 0.4) is 0 Å². The summed E-state index contributed by atoms with van der Waals surface area (Å²) in [6, 6.07) is 0.590. The number of carbonyl (C=O) groups is 1. The highest BCUT2D eigenvalue weighted by Crippen LogP contribution is 2.53. The smallest absolute Gasteiger partial charge is 0.223 e. The third kappa shape index (κ3) is 3.26. The fraction of sp³-hybridized carbons (Fsp3) is 0.941. The van der Waals surface area contributed by atoms with Crippen molar-refractivity contribution in [2.45, 2.75) is 70.4 Å². The molecule has 3 fully saturated rings. The predicted molar refractivity (Wildman–Crippen MR) is 83.1 cm³/mol. The molecule has 0 aliphatic heterocycles. The van der Waals surface area contributed by atoms with Crippen molar-refractivity contribution in [1.29, 1.82) is 0 Å². The van der Waals surface area contributed by atoms with Crippen molar-refractivity contribution in [1.82, 2.24) is 10.6 Å². The van der Waals surface area contributed by atoms with Crippen LogP contribution in [0.5, 0.6) is 0 Å². The zero-order valence-corrected chi connectivity index (χ0v) is 13.3. The fourth-order valence-electron chi connectivity index (χ4n) is 4.27. The second-order valence-corrected chi connectivity index (χ2v) is 7.05. The molecule has 2 N–H and O–H groups in total. The lowest BCUT2D eigenvalue weighted by Gasteiger charge is -2.58. The van der Waals surface area contributed by atoms with E-state index in [1.54, 1.807) is 0 Å². The highest BCUT2D eigenvalue weighted by atomic mass is 16.5. The number of hydrogen-bond acceptors (Lipinski definition) is 3. The van der Waals surface area contributed by atoms with Crippen LogP contribution in [0.4, 0.5) is 0 Å². The Morgan fingerprint density at radius 3 is 2.62 bits per heavy atom. The van der Waals surface area contributed by atoms with Gasteiger partial charge in [0.05, 0.1) is 6.10 Å². The van der Waals surface area contributed by atoms with Gasteiger partial charge in [0.1, 0.15) is 0 Å². The average Bonchev–Trinajstić information content (AvgIpc) is 3.34. The minimum Gasteiger partial charge on any atom is -0.378 e. The molecule has 2 unspecified atom stereocenters. The third-order valence-corrected chi connectivity index (χ3v) is 5.70. The normalized spacial score (nSPS) is 30.9. The standard InChI is InChI=1S/C17H30N2O2/c1-2-21-15-12-14(17(15)8-4-3-5-9-17)18-10-11-19-16(20)13-6-7-13/h13-15,18H,2-12H2,1H3,(H,19,20). The first-order valence-corrected chi connectivity index (χ1v) is 8.89. The summed E-state index contributed by atoms with van der Waals surface area (Å²) in [5.74, 6) is 0.575. The molecular formula is C17H30N2O2. The molecule has 0 heterocycles. The number of ether oxygens (including phenoxy) is 1. The van der Waals surface area contributed by atoms with Crippen LogP contribution in [-0.2, 0) is 9.53 Å². The Morgan fingerprint density at radius 2 is 1.95 bits per heavy atom. The molecule has 4 nitrogen and oxygen atoms in total. The summed E-state index contributed by atoms with van der Waals surface area (Å²) in [4.78, 5) is 11.6. The van der Waals surface area contributed by atoms with Gasteiger partial charge in [-0.1, -0.05) is 19.3 Å². The third-order valence-electron chi connectivity index (χ3n) is 5.70. The second kappa shape index (κ2) is 6.66. The van der Waals surface area contributed by atoms with E-state index in [1.807, 2.05) is 0 Å². The highest BCUT2D eigenvalue weighted by molar-refractivity contribution is 5.80. The molecule has 0 saturated heterocycles. The van der Waals surface area contributed by atoms with Crippen LogP contribution < -0.4 is 10.6 Å². The zero-order chi connectivity index (χ0) is 14.7. The molecule has 3 aliphatic rings. The van der Waals surface area contributed by atoms with Crippen LogP contribution in [0.25, 0.3) is 0 Å². The molecule has 4 heteroatoms. The van der Waals surface area contributed by atoms with Gasteiger partial charge < -0.3 is 15.4 Å². The number of nitrogens with one attached hydrogen (secondary N) is 2. The van der Waals surface area contributed by atoms with Crippen molar-refractivity contribution in [3.8, 4) is 0 Å². The van der Waals surface area contributed by atoms with Crippen molar-refractivity contribution in [3.05, 3.63) is 0 Å². The SMILES string of the molecule is CCOC1CC(NCCNC(=O)C2CC2)C12CCCCC2. The van der Waals surface area contributed by atoms with E-state index >= 15 is 0 Å². The lowest BCUT2D eigenvalue weighted by Crippen LogP contribution is -2.65. The summed E-state index contributed by atoms with van der Waals surface area (Å²) < 4.78 is 5.98. The number of rotatable bonds is 7. The van der Waals surface area contributed by atoms with Crippen LogP contribution in [0.2, 0.25) is 0 Å². The maximum Gasteiger partial charge on any atom is 0.223 e. The second-order valence-electron chi connectivity index (χ2n) is 7.05. The van der Waals surface area contributed by atoms with Gasteiger partial charge in [0.15, 0.2) is 0 Å². The van der Waals surface area contributed by atoms with Crippen molar-refractivity contribution in [2.24, 2.45) is 11.3 Å². The van der Waals surface area contributed by atoms with Crippen molar-refractivity contribution < 1.29 is 9.53 Å². The maximum absolute atomic E-state index is 11.6. The van der Waals surface area contributed by atoms with E-state index in [0.717, 1.165) is 39.0 Å². The van der Waals surface area contributed by atoms with E-state index in [4.69, 9.17) is 4.74 Å². The van der Waals surface area contributed by atoms with E-state index < -0.39 is 0 Å². The van der Waals surface area contributed by atoms with Gasteiger partial charge in [-0.15, -0.1) is 0 Å². The molecule has 0 aromatic rings. The van der Waals surface area contributed by atoms with E-state index in [-0.39, 0.29) is 5.91 Å². The molecule has 2 atom stereocenters. The first-order valence-electron chi connectivity index (χ1n) is 8.89. The van der Waals surface area contributed by atoms with Crippen molar-refractivity contribution in [3.63, 3.8) is 0 Å². The Kier molecular flexibility index (Phi) is 4.85. The largest absolute Gasteiger partial charge is 0.378 e. The van der Waals surface area contributed by atoms with Gasteiger partial charge in [0.2, 0.25) is 5.91 Å². The quantitative estimate of drug-likeness (QED) is 0.708. The van der Waals surface area contributed by atoms with Crippen LogP contribution in [0.15, 0.2) is 0 Å². The molecule has 120 valence electrons. The van der Waals surface area contributed by atoms with E-state index in [2.05, 4.69) is 17.6 Å². The van der Waals surface area contributed by atoms with Gasteiger partial charge in [-0.3, -0.25) is 4.79 Å². The van der Waals surface area contributed by atoms with Crippen LogP contribution in [0, 0.1) is 11.3 Å². The summed E-state index contributed by atoms with van der Waals surface area (Å²) in [6.45, 7) is 4.59. The van der Waals surface area contributed by atoms with Gasteiger partial charge in [-0.2, -0.15) is 0 Å². The molecule has 3 saturated carbocycles. The van der Waals surface area contributed by atoms with Crippen molar-refractivity contribution in [2.75, 3.05) is 19.7 Å². The monoisotopic (exact) mass is 294 g/mol. The molecule has 0 aromatic carbocycles. The summed E-state index contributed by atoms with van der Waals surface area (Å²) in [6.07, 6.45) is 10.5. The Hall–Kier alpha value is -0.610. The molecule has 1 spiro atoms. The Morgan fingerprint density at radius 1 is 1.19 bits per heavy atom. The molecule has 1 amide bonds. The summed E-state index contributed by atoms with van der Waals surface area (Å²) >= 11 is 0. The Balaban J connectivity index is 1.42. The molecule has 3 aliphatic carbocycles. The molecule has 3 rings (SSSR count). The number of carbonyl (C=O) groups excluding carboxylic acids is 1. The fourth-order valence-corrected chi connectivity index (χ4v) is 4.27. The molecular weight excluding hydrogens is 264 g/mol. The lowest BCUT2D eigenvalue weighted by atomic mass is 9.55. The number of amides is 1. The minimum atomic E-state index is 0.255. The van der Waals surface area contributed by atoms with E-state index in [1.165, 1.54) is 32.1 Å². The average molecular weight is 294 g/mol. The topological polar surface area (TPSA) is 50.4 Å². The molecule has 0 radical (unpaired) electrons. The summed E-state index contributed by atoms with van der Waals surface area (Å²) in [5.41, 5.74) is 0.384. The minimum absolute atomic E-state index is 0.255. The highest BCUT2D eigenvalue weighted by Gasteiger charge is 2.55. The first kappa shape index (κ1) is 15.3. The van der Waals surface area contributed by atoms with E-state index in [9.17, 15) is 4.79 Å². The van der Waals surface area contributed by atoms with Gasteiger partial charge in [-0.25, -0.2) is 0 Å². The number of hydrogen-bond donors (Lipinski definition) is 2. The lowest BCUT2D eigenvalue weighted by molar-refractivity contribution is -0.149. The summed E-state index contributed by atoms with van der Waals surface area (Å²) in [5, 5.41) is 6.73. The first-order chi connectivity index (χ1) is 10.3. The van der Waals surface area contributed by atoms with Crippen LogP contribution in [-0.4, -0.2) is 37.7 Å². The van der Waals surface area contributed by atoms with Gasteiger partial charge >= 0.3 is 0 Å². The molecule has 0 bridgehead atoms. The van der Waals surface area contributed by atoms with Gasteiger partial charge in [0.25, 0.3) is 0 Å². The van der Waals surface area contributed by atoms with Gasteiger partial charge in [0, 0.05) is 37.1 Å². The molecule has 21 heavy (non-hydrogen) atoms. The maximum atomic E-state index is 11.6. The Labute approximate surface area is 128 Å². The zero-order valence-electron chi connectivity index (χ0n) is 13.3. The van der Waals surface area contributed by atoms with Crippen molar-refractivity contribution >= 4 is 5.91 Å². The molecule has 0 aromatic heterocycles. The van der Waals surface area contributed by atoms with Crippen LogP contribution >= 0.6 is 0 Å².